The molecule has 0 aliphatic carbocycles. The van der Waals surface area contributed by atoms with E-state index in [9.17, 15) is 4.79 Å². The van der Waals surface area contributed by atoms with Gasteiger partial charge in [0, 0.05) is 6.42 Å². The van der Waals surface area contributed by atoms with Crippen molar-refractivity contribution in [3.8, 4) is 0 Å². The Morgan fingerprint density at radius 2 is 2.06 bits per heavy atom. The summed E-state index contributed by atoms with van der Waals surface area (Å²) in [7, 11) is 0. The number of halogens is 1. The van der Waals surface area contributed by atoms with Gasteiger partial charge in [-0.05, 0) is 37.8 Å². The quantitative estimate of drug-likeness (QED) is 0.747. The minimum atomic E-state index is -0.0335. The zero-order valence-electron chi connectivity index (χ0n) is 10.2. The van der Waals surface area contributed by atoms with Crippen LogP contribution in [0.15, 0.2) is 18.2 Å². The van der Waals surface area contributed by atoms with Crippen molar-refractivity contribution in [2.45, 2.75) is 44.9 Å². The molecular weight excluding hydrogens is 264 g/mol. The second kappa shape index (κ2) is 6.19. The van der Waals surface area contributed by atoms with Gasteiger partial charge in [-0.15, -0.1) is 0 Å². The van der Waals surface area contributed by atoms with Crippen LogP contribution in [0.3, 0.4) is 0 Å². The van der Waals surface area contributed by atoms with E-state index in [0.717, 1.165) is 12.8 Å². The van der Waals surface area contributed by atoms with Gasteiger partial charge in [0.15, 0.2) is 0 Å². The molecule has 0 aliphatic heterocycles. The molecule has 88 valence electrons. The molecule has 0 fully saturated rings. The Labute approximate surface area is 106 Å². The fraction of sp³-hybridized carbons (Fsp3) is 0.500. The molecule has 1 aromatic rings. The number of Topliss-reactive ketones (excluding diaryl/α,β-unsaturated/α-hetero) is 1. The first-order chi connectivity index (χ1) is 7.54. The van der Waals surface area contributed by atoms with E-state index < -0.39 is 0 Å². The van der Waals surface area contributed by atoms with Crippen molar-refractivity contribution in [2.75, 3.05) is 0 Å². The summed E-state index contributed by atoms with van der Waals surface area (Å²) < 4.78 is 0. The number of aryl methyl sites for hydroxylation is 2. The van der Waals surface area contributed by atoms with Crippen molar-refractivity contribution in [1.82, 2.24) is 0 Å². The number of hydrogen-bond donors (Lipinski definition) is 0. The van der Waals surface area contributed by atoms with Crippen molar-refractivity contribution in [1.29, 1.82) is 0 Å². The summed E-state index contributed by atoms with van der Waals surface area (Å²) in [5.41, 5.74) is 3.80. The van der Waals surface area contributed by atoms with Gasteiger partial charge >= 0.3 is 0 Å². The van der Waals surface area contributed by atoms with Gasteiger partial charge < -0.3 is 0 Å². The third-order valence-electron chi connectivity index (χ3n) is 2.74. The molecule has 0 spiro atoms. The van der Waals surface area contributed by atoms with E-state index in [0.29, 0.717) is 12.2 Å². The molecule has 2 heteroatoms. The summed E-state index contributed by atoms with van der Waals surface area (Å²) in [6, 6.07) is 6.39. The smallest absolute Gasteiger partial charge is 0.146 e. The minimum absolute atomic E-state index is 0.0335. The van der Waals surface area contributed by atoms with Crippen LogP contribution in [0, 0.1) is 13.8 Å². The molecule has 1 nitrogen and oxygen atoms in total. The molecule has 0 radical (unpaired) electrons. The van der Waals surface area contributed by atoms with E-state index in [1.54, 1.807) is 0 Å². The van der Waals surface area contributed by atoms with Gasteiger partial charge in [0.1, 0.15) is 5.78 Å². The molecule has 0 saturated heterocycles. The highest BCUT2D eigenvalue weighted by atomic mass is 79.9. The Bertz CT molecular complexity index is 371. The highest BCUT2D eigenvalue weighted by molar-refractivity contribution is 9.10. The first-order valence-electron chi connectivity index (χ1n) is 5.77. The zero-order chi connectivity index (χ0) is 12.1. The minimum Gasteiger partial charge on any atom is -0.298 e. The molecule has 1 aromatic carbocycles. The molecular formula is C14H19BrO. The molecule has 16 heavy (non-hydrogen) atoms. The van der Waals surface area contributed by atoms with Crippen LogP contribution in [0.2, 0.25) is 0 Å². The fourth-order valence-electron chi connectivity index (χ4n) is 1.78. The number of ketones is 1. The molecule has 0 aliphatic rings. The van der Waals surface area contributed by atoms with Crippen molar-refractivity contribution in [2.24, 2.45) is 0 Å². The van der Waals surface area contributed by atoms with Crippen LogP contribution < -0.4 is 0 Å². The lowest BCUT2D eigenvalue weighted by Gasteiger charge is -2.11. The van der Waals surface area contributed by atoms with Gasteiger partial charge in [-0.2, -0.15) is 0 Å². The van der Waals surface area contributed by atoms with Gasteiger partial charge in [-0.1, -0.05) is 46.6 Å². The van der Waals surface area contributed by atoms with E-state index in [2.05, 4.69) is 48.0 Å². The summed E-state index contributed by atoms with van der Waals surface area (Å²) >= 11 is 3.48. The molecule has 0 aromatic heterocycles. The number of carbonyl (C=O) groups excluding carboxylic acids is 1. The third kappa shape index (κ3) is 3.75. The standard InChI is InChI=1S/C14H19BrO/c1-4-5-14(16)13(15)9-12-7-6-10(2)8-11(12)3/h6-8,13H,4-5,9H2,1-3H3. The van der Waals surface area contributed by atoms with E-state index in [1.165, 1.54) is 16.7 Å². The van der Waals surface area contributed by atoms with Crippen LogP contribution in [0.4, 0.5) is 0 Å². The van der Waals surface area contributed by atoms with E-state index in [4.69, 9.17) is 0 Å². The van der Waals surface area contributed by atoms with Gasteiger partial charge in [0.25, 0.3) is 0 Å². The van der Waals surface area contributed by atoms with Crippen LogP contribution in [0.25, 0.3) is 0 Å². The Morgan fingerprint density at radius 1 is 1.38 bits per heavy atom. The van der Waals surface area contributed by atoms with Crippen LogP contribution in [-0.4, -0.2) is 10.6 Å². The average Bonchev–Trinajstić information content (AvgIpc) is 2.22. The van der Waals surface area contributed by atoms with Gasteiger partial charge in [0.2, 0.25) is 0 Å². The number of rotatable bonds is 5. The van der Waals surface area contributed by atoms with Crippen molar-refractivity contribution >= 4 is 21.7 Å². The topological polar surface area (TPSA) is 17.1 Å². The van der Waals surface area contributed by atoms with Crippen LogP contribution in [0.5, 0.6) is 0 Å². The Kier molecular flexibility index (Phi) is 5.20. The molecule has 0 saturated carbocycles. The molecule has 0 N–H and O–H groups in total. The number of alkyl halides is 1. The predicted octanol–water partition coefficient (Wildman–Crippen LogP) is 3.98. The molecule has 0 bridgehead atoms. The molecule has 1 unspecified atom stereocenters. The summed E-state index contributed by atoms with van der Waals surface area (Å²) in [4.78, 5) is 11.6. The predicted molar refractivity (Wildman–Crippen MR) is 72.3 cm³/mol. The monoisotopic (exact) mass is 282 g/mol. The molecule has 0 heterocycles. The second-order valence-corrected chi connectivity index (χ2v) is 5.42. The van der Waals surface area contributed by atoms with E-state index in [1.807, 2.05) is 6.92 Å². The second-order valence-electron chi connectivity index (χ2n) is 4.32. The maximum atomic E-state index is 11.7. The summed E-state index contributed by atoms with van der Waals surface area (Å²) in [5, 5.41) is 0. The maximum absolute atomic E-state index is 11.7. The summed E-state index contributed by atoms with van der Waals surface area (Å²) in [6.07, 6.45) is 2.39. The van der Waals surface area contributed by atoms with Gasteiger partial charge in [0.05, 0.1) is 4.83 Å². The van der Waals surface area contributed by atoms with Crippen molar-refractivity contribution in [3.63, 3.8) is 0 Å². The lowest BCUT2D eigenvalue weighted by molar-refractivity contribution is -0.118. The van der Waals surface area contributed by atoms with Crippen LogP contribution in [-0.2, 0) is 11.2 Å². The van der Waals surface area contributed by atoms with Crippen LogP contribution >= 0.6 is 15.9 Å². The number of carbonyl (C=O) groups is 1. The lowest BCUT2D eigenvalue weighted by Crippen LogP contribution is -2.16. The Hall–Kier alpha value is -0.630. The summed E-state index contributed by atoms with van der Waals surface area (Å²) in [6.45, 7) is 6.23. The van der Waals surface area contributed by atoms with Crippen molar-refractivity contribution < 1.29 is 4.79 Å². The molecule has 1 rings (SSSR count). The Balaban J connectivity index is 2.69. The molecule has 1 atom stereocenters. The Morgan fingerprint density at radius 3 is 2.62 bits per heavy atom. The highest BCUT2D eigenvalue weighted by Crippen LogP contribution is 2.17. The average molecular weight is 283 g/mol. The van der Waals surface area contributed by atoms with E-state index in [-0.39, 0.29) is 4.83 Å². The first-order valence-corrected chi connectivity index (χ1v) is 6.69. The molecule has 0 amide bonds. The fourth-order valence-corrected chi connectivity index (χ4v) is 2.36. The van der Waals surface area contributed by atoms with Crippen LogP contribution in [0.1, 0.15) is 36.5 Å². The lowest BCUT2D eigenvalue weighted by atomic mass is 9.99. The maximum Gasteiger partial charge on any atom is 0.146 e. The summed E-state index contributed by atoms with van der Waals surface area (Å²) in [5.74, 6) is 0.308. The van der Waals surface area contributed by atoms with Gasteiger partial charge in [-0.25, -0.2) is 0 Å². The first kappa shape index (κ1) is 13.4. The zero-order valence-corrected chi connectivity index (χ0v) is 11.8. The SMILES string of the molecule is CCCC(=O)C(Br)Cc1ccc(C)cc1C. The number of hydrogen-bond acceptors (Lipinski definition) is 1. The highest BCUT2D eigenvalue weighted by Gasteiger charge is 2.15. The largest absolute Gasteiger partial charge is 0.298 e. The van der Waals surface area contributed by atoms with E-state index >= 15 is 0 Å². The normalized spacial score (nSPS) is 12.5. The third-order valence-corrected chi connectivity index (χ3v) is 3.58. The van der Waals surface area contributed by atoms with Gasteiger partial charge in [-0.3, -0.25) is 4.79 Å². The number of benzene rings is 1. The van der Waals surface area contributed by atoms with Crippen molar-refractivity contribution in [3.05, 3.63) is 34.9 Å².